The van der Waals surface area contributed by atoms with Crippen LogP contribution in [0.4, 0.5) is 5.69 Å². The molecule has 0 fully saturated rings. The molecular weight excluding hydrogens is 478 g/mol. The summed E-state index contributed by atoms with van der Waals surface area (Å²) in [7, 11) is 0. The predicted molar refractivity (Wildman–Crippen MR) is 128 cm³/mol. The van der Waals surface area contributed by atoms with Crippen molar-refractivity contribution in [1.29, 1.82) is 0 Å². The molecule has 156 valence electrons. The lowest BCUT2D eigenvalue weighted by atomic mass is 10.2. The van der Waals surface area contributed by atoms with Crippen molar-refractivity contribution in [3.8, 4) is 11.4 Å². The summed E-state index contributed by atoms with van der Waals surface area (Å²) in [4.78, 5) is 13.7. The molecule has 1 heterocycles. The molecular formula is C22H18BrN5O2S. The molecule has 0 unspecified atom stereocenters. The van der Waals surface area contributed by atoms with Crippen molar-refractivity contribution in [2.45, 2.75) is 6.92 Å². The van der Waals surface area contributed by atoms with Gasteiger partial charge in [0.05, 0.1) is 5.69 Å². The molecule has 0 atom stereocenters. The second-order valence-corrected chi connectivity index (χ2v) is 8.10. The first-order chi connectivity index (χ1) is 15.0. The molecule has 0 aliphatic rings. The van der Waals surface area contributed by atoms with Crippen LogP contribution in [-0.4, -0.2) is 32.6 Å². The van der Waals surface area contributed by atoms with Crippen molar-refractivity contribution in [3.63, 3.8) is 0 Å². The average Bonchev–Trinajstić information content (AvgIpc) is 3.17. The first kappa shape index (κ1) is 21.0. The van der Waals surface area contributed by atoms with Crippen LogP contribution in [0.5, 0.6) is 5.75 Å². The van der Waals surface area contributed by atoms with Crippen LogP contribution >= 0.6 is 28.1 Å². The van der Waals surface area contributed by atoms with Crippen molar-refractivity contribution in [1.82, 2.24) is 20.3 Å². The summed E-state index contributed by atoms with van der Waals surface area (Å²) >= 11 is 8.58. The number of rotatable bonds is 5. The van der Waals surface area contributed by atoms with Crippen LogP contribution < -0.4 is 15.4 Å². The quantitative estimate of drug-likeness (QED) is 0.399. The Hall–Kier alpha value is -3.30. The van der Waals surface area contributed by atoms with Crippen molar-refractivity contribution in [3.05, 3.63) is 76.8 Å². The molecule has 0 aliphatic carbocycles. The molecule has 9 heteroatoms. The molecule has 0 aliphatic heterocycles. The third-order valence-electron chi connectivity index (χ3n) is 4.34. The number of hydrogen-bond acceptors (Lipinski definition) is 5. The first-order valence-electron chi connectivity index (χ1n) is 9.40. The number of amides is 1. The lowest BCUT2D eigenvalue weighted by molar-refractivity contribution is -0.121. The number of hydrogen-bond donors (Lipinski definition) is 2. The summed E-state index contributed by atoms with van der Waals surface area (Å²) in [6, 6.07) is 20.7. The summed E-state index contributed by atoms with van der Waals surface area (Å²) in [5, 5.41) is 14.8. The molecule has 0 saturated carbocycles. The van der Waals surface area contributed by atoms with Gasteiger partial charge in [-0.15, -0.1) is 10.2 Å². The molecule has 7 nitrogen and oxygen atoms in total. The van der Waals surface area contributed by atoms with Crippen LogP contribution in [0.2, 0.25) is 0 Å². The van der Waals surface area contributed by atoms with Crippen LogP contribution in [0.15, 0.2) is 71.2 Å². The second-order valence-electron chi connectivity index (χ2n) is 6.77. The van der Waals surface area contributed by atoms with Gasteiger partial charge in [0.25, 0.3) is 5.91 Å². The number of nitrogens with one attached hydrogen (secondary N) is 2. The molecule has 3 aromatic carbocycles. The van der Waals surface area contributed by atoms with Crippen LogP contribution in [0.3, 0.4) is 0 Å². The number of benzene rings is 3. The van der Waals surface area contributed by atoms with Gasteiger partial charge in [-0.25, -0.2) is 0 Å². The van der Waals surface area contributed by atoms with E-state index in [4.69, 9.17) is 17.0 Å². The summed E-state index contributed by atoms with van der Waals surface area (Å²) in [5.41, 5.74) is 4.21. The van der Waals surface area contributed by atoms with E-state index in [1.165, 1.54) is 5.56 Å². The Bertz CT molecular complexity index is 1240. The third kappa shape index (κ3) is 5.44. The zero-order chi connectivity index (χ0) is 21.8. The molecule has 0 saturated heterocycles. The van der Waals surface area contributed by atoms with E-state index in [1.54, 1.807) is 16.9 Å². The predicted octanol–water partition coefficient (Wildman–Crippen LogP) is 4.38. The standard InChI is InChI=1S/C22H18BrN5O2S/c1-14-2-7-17(8-3-14)28-26-19-11-6-16(12-20(19)27-28)24-22(31)25-21(29)13-30-18-9-4-15(23)5-10-18/h2-12H,13H2,1H3,(H2,24,25,29,31). The Morgan fingerprint density at radius 1 is 1.03 bits per heavy atom. The lowest BCUT2D eigenvalue weighted by Crippen LogP contribution is -2.37. The summed E-state index contributed by atoms with van der Waals surface area (Å²) in [5.74, 6) is 0.242. The minimum absolute atomic E-state index is 0.145. The maximum Gasteiger partial charge on any atom is 0.264 e. The van der Waals surface area contributed by atoms with E-state index in [1.807, 2.05) is 61.5 Å². The van der Waals surface area contributed by atoms with Crippen molar-refractivity contribution in [2.75, 3.05) is 11.9 Å². The molecule has 2 N–H and O–H groups in total. The van der Waals surface area contributed by atoms with Gasteiger partial charge >= 0.3 is 0 Å². The molecule has 0 bridgehead atoms. The average molecular weight is 496 g/mol. The number of nitrogens with zero attached hydrogens (tertiary/aromatic N) is 3. The molecule has 4 rings (SSSR count). The highest BCUT2D eigenvalue weighted by atomic mass is 79.9. The number of aryl methyl sites for hydroxylation is 1. The van der Waals surface area contributed by atoms with Gasteiger partial charge in [0, 0.05) is 10.2 Å². The van der Waals surface area contributed by atoms with Gasteiger partial charge in [-0.3, -0.25) is 10.1 Å². The third-order valence-corrected chi connectivity index (χ3v) is 5.07. The summed E-state index contributed by atoms with van der Waals surface area (Å²) in [6.45, 7) is 1.89. The minimum Gasteiger partial charge on any atom is -0.484 e. The number of carbonyl (C=O) groups is 1. The Labute approximate surface area is 192 Å². The lowest BCUT2D eigenvalue weighted by Gasteiger charge is -2.10. The van der Waals surface area contributed by atoms with E-state index in [0.29, 0.717) is 17.0 Å². The number of aromatic nitrogens is 3. The van der Waals surface area contributed by atoms with Gasteiger partial charge in [0.15, 0.2) is 11.7 Å². The molecule has 4 aromatic rings. The second kappa shape index (κ2) is 9.23. The van der Waals surface area contributed by atoms with E-state index < -0.39 is 0 Å². The number of ether oxygens (including phenoxy) is 1. The molecule has 0 radical (unpaired) electrons. The highest BCUT2D eigenvalue weighted by Crippen LogP contribution is 2.18. The van der Waals surface area contributed by atoms with E-state index in [9.17, 15) is 4.79 Å². The fourth-order valence-electron chi connectivity index (χ4n) is 2.79. The van der Waals surface area contributed by atoms with Gasteiger partial charge < -0.3 is 10.1 Å². The van der Waals surface area contributed by atoms with Gasteiger partial charge in [-0.1, -0.05) is 33.6 Å². The fraction of sp³-hybridized carbons (Fsp3) is 0.0909. The van der Waals surface area contributed by atoms with Gasteiger partial charge in [0.2, 0.25) is 0 Å². The SMILES string of the molecule is Cc1ccc(-n2nc3ccc(NC(=S)NC(=O)COc4ccc(Br)cc4)cc3n2)cc1. The first-order valence-corrected chi connectivity index (χ1v) is 10.6. The minimum atomic E-state index is -0.355. The van der Waals surface area contributed by atoms with Crippen molar-refractivity contribution >= 4 is 55.9 Å². The molecule has 1 amide bonds. The summed E-state index contributed by atoms with van der Waals surface area (Å²) in [6.07, 6.45) is 0. The number of anilines is 1. The Morgan fingerprint density at radius 3 is 2.48 bits per heavy atom. The monoisotopic (exact) mass is 495 g/mol. The zero-order valence-electron chi connectivity index (χ0n) is 16.5. The smallest absolute Gasteiger partial charge is 0.264 e. The number of halogens is 1. The normalized spacial score (nSPS) is 10.6. The Morgan fingerprint density at radius 2 is 1.74 bits per heavy atom. The summed E-state index contributed by atoms with van der Waals surface area (Å²) < 4.78 is 6.38. The zero-order valence-corrected chi connectivity index (χ0v) is 18.9. The van der Waals surface area contributed by atoms with Crippen molar-refractivity contribution < 1.29 is 9.53 Å². The van der Waals surface area contributed by atoms with E-state index in [0.717, 1.165) is 15.7 Å². The number of thiocarbonyl (C=S) groups is 1. The van der Waals surface area contributed by atoms with Crippen LogP contribution in [0.1, 0.15) is 5.56 Å². The maximum atomic E-state index is 12.1. The Kier molecular flexibility index (Phi) is 6.24. The van der Waals surface area contributed by atoms with Gasteiger partial charge in [0.1, 0.15) is 16.8 Å². The highest BCUT2D eigenvalue weighted by Gasteiger charge is 2.09. The molecule has 0 spiro atoms. The number of fused-ring (bicyclic) bond motifs is 1. The van der Waals surface area contributed by atoms with E-state index in [-0.39, 0.29) is 17.6 Å². The van der Waals surface area contributed by atoms with Gasteiger partial charge in [-0.2, -0.15) is 4.80 Å². The van der Waals surface area contributed by atoms with E-state index >= 15 is 0 Å². The van der Waals surface area contributed by atoms with Crippen LogP contribution in [0.25, 0.3) is 16.7 Å². The molecule has 1 aromatic heterocycles. The fourth-order valence-corrected chi connectivity index (χ4v) is 3.29. The van der Waals surface area contributed by atoms with Gasteiger partial charge in [-0.05, 0) is 73.7 Å². The van der Waals surface area contributed by atoms with Crippen LogP contribution in [0, 0.1) is 6.92 Å². The van der Waals surface area contributed by atoms with Crippen LogP contribution in [-0.2, 0) is 4.79 Å². The maximum absolute atomic E-state index is 12.1. The van der Waals surface area contributed by atoms with E-state index in [2.05, 4.69) is 36.8 Å². The number of carbonyl (C=O) groups excluding carboxylic acids is 1. The largest absolute Gasteiger partial charge is 0.484 e. The highest BCUT2D eigenvalue weighted by molar-refractivity contribution is 9.10. The topological polar surface area (TPSA) is 81.1 Å². The Balaban J connectivity index is 1.36. The molecule has 31 heavy (non-hydrogen) atoms. The van der Waals surface area contributed by atoms with Crippen molar-refractivity contribution in [2.24, 2.45) is 0 Å².